The van der Waals surface area contributed by atoms with Gasteiger partial charge in [0.05, 0.1) is 4.92 Å². The standard InChI is InChI=1S/C11H14ClN3O2/c1-7-5-14(6-8(7)2)11-9(15(16)17)3-4-10(12)13-11/h3-4,7-8H,5-6H2,1-2H3. The smallest absolute Gasteiger partial charge is 0.311 e. The topological polar surface area (TPSA) is 59.3 Å². The molecule has 0 amide bonds. The van der Waals surface area contributed by atoms with Gasteiger partial charge >= 0.3 is 5.69 Å². The van der Waals surface area contributed by atoms with Crippen molar-refractivity contribution in [3.63, 3.8) is 0 Å². The zero-order chi connectivity index (χ0) is 12.6. The molecular weight excluding hydrogens is 242 g/mol. The summed E-state index contributed by atoms with van der Waals surface area (Å²) in [5.41, 5.74) is 0.0238. The molecule has 17 heavy (non-hydrogen) atoms. The molecule has 0 bridgehead atoms. The Morgan fingerprint density at radius 1 is 1.41 bits per heavy atom. The van der Waals surface area contributed by atoms with Crippen molar-refractivity contribution in [2.24, 2.45) is 11.8 Å². The van der Waals surface area contributed by atoms with Gasteiger partial charge in [0.15, 0.2) is 0 Å². The van der Waals surface area contributed by atoms with Gasteiger partial charge < -0.3 is 4.90 Å². The molecule has 0 radical (unpaired) electrons. The first kappa shape index (κ1) is 12.1. The van der Waals surface area contributed by atoms with Crippen LogP contribution < -0.4 is 4.90 Å². The lowest BCUT2D eigenvalue weighted by atomic mass is 10.0. The number of nitrogens with zero attached hydrogens (tertiary/aromatic N) is 3. The average Bonchev–Trinajstić information content (AvgIpc) is 2.58. The number of halogens is 1. The van der Waals surface area contributed by atoms with E-state index in [9.17, 15) is 10.1 Å². The second-order valence-electron chi connectivity index (χ2n) is 4.59. The Morgan fingerprint density at radius 2 is 2.00 bits per heavy atom. The Balaban J connectivity index is 2.37. The highest BCUT2D eigenvalue weighted by atomic mass is 35.5. The van der Waals surface area contributed by atoms with Gasteiger partial charge in [0.1, 0.15) is 5.15 Å². The highest BCUT2D eigenvalue weighted by molar-refractivity contribution is 6.29. The molecule has 2 heterocycles. The van der Waals surface area contributed by atoms with Gasteiger partial charge in [-0.05, 0) is 17.9 Å². The van der Waals surface area contributed by atoms with Crippen molar-refractivity contribution >= 4 is 23.1 Å². The highest BCUT2D eigenvalue weighted by Gasteiger charge is 2.31. The zero-order valence-electron chi connectivity index (χ0n) is 9.76. The summed E-state index contributed by atoms with van der Waals surface area (Å²) in [6, 6.07) is 2.87. The summed E-state index contributed by atoms with van der Waals surface area (Å²) < 4.78 is 0. The third-order valence-electron chi connectivity index (χ3n) is 3.30. The van der Waals surface area contributed by atoms with E-state index >= 15 is 0 Å². The van der Waals surface area contributed by atoms with Crippen molar-refractivity contribution in [1.29, 1.82) is 0 Å². The molecule has 1 saturated heterocycles. The quantitative estimate of drug-likeness (QED) is 0.463. The molecule has 1 aromatic rings. The molecule has 0 spiro atoms. The van der Waals surface area contributed by atoms with Crippen LogP contribution in [-0.4, -0.2) is 23.0 Å². The summed E-state index contributed by atoms with van der Waals surface area (Å²) in [5.74, 6) is 1.41. The van der Waals surface area contributed by atoms with E-state index in [2.05, 4.69) is 18.8 Å². The lowest BCUT2D eigenvalue weighted by molar-refractivity contribution is -0.384. The van der Waals surface area contributed by atoms with Crippen LogP contribution in [0.2, 0.25) is 5.15 Å². The number of pyridine rings is 1. The van der Waals surface area contributed by atoms with E-state index in [1.54, 1.807) is 0 Å². The van der Waals surface area contributed by atoms with E-state index in [1.165, 1.54) is 12.1 Å². The maximum Gasteiger partial charge on any atom is 0.311 e. The number of hydrogen-bond acceptors (Lipinski definition) is 4. The van der Waals surface area contributed by atoms with Crippen LogP contribution in [0.25, 0.3) is 0 Å². The fraction of sp³-hybridized carbons (Fsp3) is 0.545. The molecule has 2 atom stereocenters. The molecule has 2 rings (SSSR count). The van der Waals surface area contributed by atoms with E-state index in [4.69, 9.17) is 11.6 Å². The number of anilines is 1. The summed E-state index contributed by atoms with van der Waals surface area (Å²) >= 11 is 5.81. The predicted molar refractivity (Wildman–Crippen MR) is 66.4 cm³/mol. The molecule has 1 fully saturated rings. The van der Waals surface area contributed by atoms with Crippen molar-refractivity contribution in [3.8, 4) is 0 Å². The van der Waals surface area contributed by atoms with Crippen LogP contribution in [0.1, 0.15) is 13.8 Å². The van der Waals surface area contributed by atoms with Crippen LogP contribution in [0.5, 0.6) is 0 Å². The van der Waals surface area contributed by atoms with E-state index in [0.29, 0.717) is 17.7 Å². The molecule has 1 aliphatic rings. The zero-order valence-corrected chi connectivity index (χ0v) is 10.5. The molecule has 6 heteroatoms. The minimum atomic E-state index is -0.410. The molecule has 2 unspecified atom stereocenters. The minimum absolute atomic E-state index is 0.0238. The second-order valence-corrected chi connectivity index (χ2v) is 4.98. The Labute approximate surface area is 105 Å². The normalized spacial score (nSPS) is 24.1. The Hall–Kier alpha value is -1.36. The third-order valence-corrected chi connectivity index (χ3v) is 3.52. The SMILES string of the molecule is CC1CN(c2nc(Cl)ccc2[N+](=O)[O-])CC1C. The first-order valence-electron chi connectivity index (χ1n) is 5.55. The Morgan fingerprint density at radius 3 is 2.53 bits per heavy atom. The first-order valence-corrected chi connectivity index (χ1v) is 5.92. The van der Waals surface area contributed by atoms with Gasteiger partial charge in [-0.25, -0.2) is 4.98 Å². The number of nitro groups is 1. The molecule has 0 N–H and O–H groups in total. The Kier molecular flexibility index (Phi) is 3.19. The van der Waals surface area contributed by atoms with Gasteiger partial charge in [-0.3, -0.25) is 10.1 Å². The van der Waals surface area contributed by atoms with Gasteiger partial charge in [0.25, 0.3) is 0 Å². The third kappa shape index (κ3) is 2.34. The van der Waals surface area contributed by atoms with E-state index in [-0.39, 0.29) is 10.8 Å². The van der Waals surface area contributed by atoms with Crippen LogP contribution in [0.3, 0.4) is 0 Å². The lowest BCUT2D eigenvalue weighted by Gasteiger charge is -2.16. The molecule has 92 valence electrons. The molecule has 5 nitrogen and oxygen atoms in total. The van der Waals surface area contributed by atoms with Gasteiger partial charge in [-0.2, -0.15) is 0 Å². The average molecular weight is 256 g/mol. The van der Waals surface area contributed by atoms with Crippen LogP contribution in [0, 0.1) is 22.0 Å². The van der Waals surface area contributed by atoms with Crippen LogP contribution in [0.4, 0.5) is 11.5 Å². The summed E-state index contributed by atoms with van der Waals surface area (Å²) in [6.45, 7) is 5.85. The molecule has 1 aliphatic heterocycles. The number of hydrogen-bond donors (Lipinski definition) is 0. The van der Waals surface area contributed by atoms with Crippen molar-refractivity contribution in [2.75, 3.05) is 18.0 Å². The highest BCUT2D eigenvalue weighted by Crippen LogP contribution is 2.33. The largest absolute Gasteiger partial charge is 0.350 e. The van der Waals surface area contributed by atoms with E-state index < -0.39 is 4.92 Å². The second kappa shape index (κ2) is 4.49. The monoisotopic (exact) mass is 255 g/mol. The molecule has 1 aromatic heterocycles. The summed E-state index contributed by atoms with van der Waals surface area (Å²) in [6.07, 6.45) is 0. The number of aromatic nitrogens is 1. The van der Waals surface area contributed by atoms with Crippen molar-refractivity contribution in [1.82, 2.24) is 4.98 Å². The summed E-state index contributed by atoms with van der Waals surface area (Å²) in [5, 5.41) is 11.2. The maximum absolute atomic E-state index is 10.9. The minimum Gasteiger partial charge on any atom is -0.350 e. The van der Waals surface area contributed by atoms with Gasteiger partial charge in [-0.15, -0.1) is 0 Å². The molecule has 0 saturated carbocycles. The predicted octanol–water partition coefficient (Wildman–Crippen LogP) is 2.74. The van der Waals surface area contributed by atoms with E-state index in [1.807, 2.05) is 4.90 Å². The van der Waals surface area contributed by atoms with Gasteiger partial charge in [0.2, 0.25) is 5.82 Å². The maximum atomic E-state index is 10.9. The van der Waals surface area contributed by atoms with Gasteiger partial charge in [-0.1, -0.05) is 25.4 Å². The summed E-state index contributed by atoms with van der Waals surface area (Å²) in [7, 11) is 0. The van der Waals surface area contributed by atoms with Crippen molar-refractivity contribution in [2.45, 2.75) is 13.8 Å². The number of rotatable bonds is 2. The molecule has 0 aromatic carbocycles. The first-order chi connectivity index (χ1) is 7.99. The van der Waals surface area contributed by atoms with Crippen molar-refractivity contribution < 1.29 is 4.92 Å². The molecular formula is C11H14ClN3O2. The van der Waals surface area contributed by atoms with Gasteiger partial charge in [0, 0.05) is 19.2 Å². The van der Waals surface area contributed by atoms with Crippen molar-refractivity contribution in [3.05, 3.63) is 27.4 Å². The molecule has 0 aliphatic carbocycles. The van der Waals surface area contributed by atoms with Crippen LogP contribution in [-0.2, 0) is 0 Å². The summed E-state index contributed by atoms with van der Waals surface area (Å²) in [4.78, 5) is 16.6. The Bertz CT molecular complexity index is 442. The fourth-order valence-corrected chi connectivity index (χ4v) is 2.24. The lowest BCUT2D eigenvalue weighted by Crippen LogP contribution is -2.22. The fourth-order valence-electron chi connectivity index (χ4n) is 2.10. The van der Waals surface area contributed by atoms with E-state index in [0.717, 1.165) is 13.1 Å². The van der Waals surface area contributed by atoms with Crippen LogP contribution >= 0.6 is 11.6 Å². The van der Waals surface area contributed by atoms with Crippen LogP contribution in [0.15, 0.2) is 12.1 Å².